The highest BCUT2D eigenvalue weighted by Gasteiger charge is 2.50. The second-order valence-corrected chi connectivity index (χ2v) is 10.1. The number of carbonyl (C=O) groups is 3. The van der Waals surface area contributed by atoms with Gasteiger partial charge < -0.3 is 15.1 Å². The summed E-state index contributed by atoms with van der Waals surface area (Å²) in [5.41, 5.74) is 0.776. The number of piperazine rings is 1. The summed E-state index contributed by atoms with van der Waals surface area (Å²) < 4.78 is 13.2. The lowest BCUT2D eigenvalue weighted by atomic mass is 9.97. The van der Waals surface area contributed by atoms with Gasteiger partial charge in [-0.3, -0.25) is 9.59 Å². The van der Waals surface area contributed by atoms with Crippen molar-refractivity contribution < 1.29 is 18.8 Å². The first-order chi connectivity index (χ1) is 16.7. The Kier molecular flexibility index (Phi) is 9.48. The van der Waals surface area contributed by atoms with E-state index in [0.717, 1.165) is 31.2 Å². The molecular formula is C26H40FN5O3. The molecule has 0 spiro atoms. The number of hydrogen-bond donors (Lipinski definition) is 1. The normalized spacial score (nSPS) is 21.0. The zero-order chi connectivity index (χ0) is 25.5. The van der Waals surface area contributed by atoms with Crippen LogP contribution in [0, 0.1) is 11.7 Å². The summed E-state index contributed by atoms with van der Waals surface area (Å²) in [5, 5.41) is 6.09. The number of benzene rings is 1. The Bertz CT molecular complexity index is 878. The van der Waals surface area contributed by atoms with Gasteiger partial charge in [0.05, 0.1) is 13.1 Å². The maximum absolute atomic E-state index is 13.4. The molecule has 2 atom stereocenters. The fourth-order valence-electron chi connectivity index (χ4n) is 4.95. The number of hydrazine groups is 1. The van der Waals surface area contributed by atoms with Crippen LogP contribution in [0.5, 0.6) is 0 Å². The highest BCUT2D eigenvalue weighted by molar-refractivity contribution is 5.91. The minimum Gasteiger partial charge on any atom is -0.337 e. The van der Waals surface area contributed by atoms with Crippen LogP contribution in [0.1, 0.15) is 64.9 Å². The van der Waals surface area contributed by atoms with Gasteiger partial charge in [-0.05, 0) is 36.5 Å². The fraction of sp³-hybridized carbons (Fsp3) is 0.654. The average Bonchev–Trinajstić information content (AvgIpc) is 2.80. The lowest BCUT2D eigenvalue weighted by molar-refractivity contribution is -0.188. The van der Waals surface area contributed by atoms with Gasteiger partial charge in [-0.2, -0.15) is 0 Å². The molecular weight excluding hydrogens is 449 g/mol. The molecule has 0 aromatic heterocycles. The molecule has 1 aromatic carbocycles. The number of hydrogen-bond acceptors (Lipinski definition) is 4. The van der Waals surface area contributed by atoms with E-state index in [4.69, 9.17) is 0 Å². The van der Waals surface area contributed by atoms with E-state index >= 15 is 0 Å². The molecule has 2 aliphatic rings. The first kappa shape index (κ1) is 26.9. The van der Waals surface area contributed by atoms with Crippen molar-refractivity contribution in [3.8, 4) is 0 Å². The minimum atomic E-state index is -0.571. The van der Waals surface area contributed by atoms with Gasteiger partial charge in [-0.15, -0.1) is 0 Å². The molecule has 1 N–H and O–H groups in total. The summed E-state index contributed by atoms with van der Waals surface area (Å²) in [6.07, 6.45) is 5.44. The van der Waals surface area contributed by atoms with Gasteiger partial charge in [0, 0.05) is 20.1 Å². The molecule has 2 aliphatic heterocycles. The van der Waals surface area contributed by atoms with Gasteiger partial charge >= 0.3 is 6.03 Å². The largest absolute Gasteiger partial charge is 0.337 e. The van der Waals surface area contributed by atoms with E-state index in [1.165, 1.54) is 18.6 Å². The highest BCUT2D eigenvalue weighted by Crippen LogP contribution is 2.29. The van der Waals surface area contributed by atoms with Crippen LogP contribution in [0.2, 0.25) is 0 Å². The lowest BCUT2D eigenvalue weighted by Crippen LogP contribution is -2.76. The van der Waals surface area contributed by atoms with Crippen molar-refractivity contribution in [1.29, 1.82) is 0 Å². The maximum Gasteiger partial charge on any atom is 0.334 e. The zero-order valence-electron chi connectivity index (χ0n) is 21.5. The van der Waals surface area contributed by atoms with E-state index in [-0.39, 0.29) is 42.7 Å². The van der Waals surface area contributed by atoms with Crippen molar-refractivity contribution in [3.63, 3.8) is 0 Å². The Labute approximate surface area is 208 Å². The average molecular weight is 490 g/mol. The molecule has 0 aliphatic carbocycles. The second-order valence-electron chi connectivity index (χ2n) is 10.1. The van der Waals surface area contributed by atoms with E-state index in [1.807, 2.05) is 18.7 Å². The quantitative estimate of drug-likeness (QED) is 0.510. The van der Waals surface area contributed by atoms with Crippen LogP contribution in [0.25, 0.3) is 0 Å². The van der Waals surface area contributed by atoms with Crippen molar-refractivity contribution in [2.45, 2.75) is 78.0 Å². The predicted molar refractivity (Wildman–Crippen MR) is 132 cm³/mol. The molecule has 0 unspecified atom stereocenters. The fourth-order valence-corrected chi connectivity index (χ4v) is 4.95. The lowest BCUT2D eigenvalue weighted by Gasteiger charge is -2.54. The predicted octanol–water partition coefficient (Wildman–Crippen LogP) is 3.58. The number of nitrogens with zero attached hydrogens (tertiary/aromatic N) is 4. The highest BCUT2D eigenvalue weighted by atomic mass is 19.1. The van der Waals surface area contributed by atoms with E-state index in [9.17, 15) is 18.8 Å². The summed E-state index contributed by atoms with van der Waals surface area (Å²) in [6, 6.07) is 5.05. The van der Waals surface area contributed by atoms with Gasteiger partial charge in [0.1, 0.15) is 18.0 Å². The number of halogens is 1. The molecule has 35 heavy (non-hydrogen) atoms. The molecule has 194 valence electrons. The number of unbranched alkanes of at least 4 members (excludes halogenated alkanes) is 4. The Hall–Kier alpha value is -2.68. The molecule has 1 aromatic rings. The molecule has 2 saturated heterocycles. The number of nitrogens with one attached hydrogen (secondary N) is 1. The van der Waals surface area contributed by atoms with Crippen molar-refractivity contribution in [2.24, 2.45) is 5.92 Å². The number of carbonyl (C=O) groups excluding carboxylic acids is 3. The van der Waals surface area contributed by atoms with Crippen LogP contribution in [0.15, 0.2) is 24.3 Å². The third kappa shape index (κ3) is 6.72. The van der Waals surface area contributed by atoms with Crippen LogP contribution in [-0.2, 0) is 16.1 Å². The Morgan fingerprint density at radius 3 is 2.46 bits per heavy atom. The first-order valence-electron chi connectivity index (χ1n) is 12.8. The van der Waals surface area contributed by atoms with E-state index < -0.39 is 12.2 Å². The standard InChI is InChI=1S/C26H40FN5O3/c1-5-6-7-8-9-14-30-17-23-31(22(25(30)34)15-19(2)3)24(33)18-29(4)32(23)26(35)28-16-20-10-12-21(27)13-11-20/h10-13,19,22-23H,5-9,14-18H2,1-4H3,(H,28,35)/t22-,23-/m0/s1. The Morgan fingerprint density at radius 2 is 1.80 bits per heavy atom. The third-order valence-electron chi connectivity index (χ3n) is 6.73. The van der Waals surface area contributed by atoms with Crippen LogP contribution >= 0.6 is 0 Å². The number of amides is 4. The minimum absolute atomic E-state index is 0.0185. The van der Waals surface area contributed by atoms with E-state index in [0.29, 0.717) is 19.5 Å². The maximum atomic E-state index is 13.4. The summed E-state index contributed by atoms with van der Waals surface area (Å²) in [7, 11) is 1.72. The summed E-state index contributed by atoms with van der Waals surface area (Å²) >= 11 is 0. The molecule has 8 nitrogen and oxygen atoms in total. The van der Waals surface area contributed by atoms with Crippen LogP contribution in [0.4, 0.5) is 9.18 Å². The zero-order valence-corrected chi connectivity index (χ0v) is 21.5. The van der Waals surface area contributed by atoms with Crippen molar-refractivity contribution in [1.82, 2.24) is 25.1 Å². The Balaban J connectivity index is 1.78. The SMILES string of the molecule is CCCCCCCN1C[C@H]2N(C(=O)CN(C)N2C(=O)NCc2ccc(F)cc2)[C@@H](CC(C)C)C1=O. The van der Waals surface area contributed by atoms with Crippen LogP contribution < -0.4 is 5.32 Å². The topological polar surface area (TPSA) is 76.2 Å². The molecule has 0 radical (unpaired) electrons. The molecule has 0 bridgehead atoms. The van der Waals surface area contributed by atoms with Gasteiger partial charge in [0.2, 0.25) is 11.8 Å². The monoisotopic (exact) mass is 489 g/mol. The number of likely N-dealkylation sites (N-methyl/N-ethyl adjacent to an activating group) is 1. The van der Waals surface area contributed by atoms with Crippen LogP contribution in [-0.4, -0.2) is 76.6 Å². The molecule has 2 heterocycles. The van der Waals surface area contributed by atoms with Crippen molar-refractivity contribution in [3.05, 3.63) is 35.6 Å². The van der Waals surface area contributed by atoms with Crippen LogP contribution in [0.3, 0.4) is 0 Å². The molecule has 0 saturated carbocycles. The summed E-state index contributed by atoms with van der Waals surface area (Å²) in [5.74, 6) is -0.262. The number of fused-ring (bicyclic) bond motifs is 1. The number of rotatable bonds is 10. The molecule has 4 amide bonds. The van der Waals surface area contributed by atoms with Gasteiger partial charge in [0.25, 0.3) is 0 Å². The molecule has 9 heteroatoms. The van der Waals surface area contributed by atoms with Crippen molar-refractivity contribution >= 4 is 17.8 Å². The van der Waals surface area contributed by atoms with Gasteiger partial charge in [-0.1, -0.05) is 58.6 Å². The summed E-state index contributed by atoms with van der Waals surface area (Å²) in [4.78, 5) is 43.4. The second kappa shape index (κ2) is 12.3. The Morgan fingerprint density at radius 1 is 1.11 bits per heavy atom. The van der Waals surface area contributed by atoms with Gasteiger partial charge in [-0.25, -0.2) is 19.2 Å². The molecule has 2 fully saturated rings. The summed E-state index contributed by atoms with van der Waals surface area (Å²) in [6.45, 7) is 7.44. The van der Waals surface area contributed by atoms with Crippen molar-refractivity contribution in [2.75, 3.05) is 26.7 Å². The van der Waals surface area contributed by atoms with Gasteiger partial charge in [0.15, 0.2) is 0 Å². The first-order valence-corrected chi connectivity index (χ1v) is 12.8. The number of urea groups is 1. The smallest absolute Gasteiger partial charge is 0.334 e. The third-order valence-corrected chi connectivity index (χ3v) is 6.73. The molecule has 3 rings (SSSR count). The van der Waals surface area contributed by atoms with E-state index in [1.54, 1.807) is 34.1 Å². The van der Waals surface area contributed by atoms with E-state index in [2.05, 4.69) is 12.2 Å².